The standard InChI is InChI=1S/C37H44N4O4/c1-40(22-20-27-11-4-2-5-12-27)36(44)30-16-9-19-33(25-30)38-34(42)24-28-13-8-18-32(23-28)39-35(43)31-17-10-21-41(26-31)37(45)29-14-6-3-7-15-29/h2,4-5,8-9,11-13,16,18-19,23,25,29,31H,3,6-7,10,14-15,17,20-22,24,26H2,1H3,(H,38,42)(H,39,43). The lowest BCUT2D eigenvalue weighted by Crippen LogP contribution is -2.46. The van der Waals surface area contributed by atoms with E-state index in [0.29, 0.717) is 30.0 Å². The van der Waals surface area contributed by atoms with Crippen LogP contribution in [0.1, 0.15) is 66.4 Å². The van der Waals surface area contributed by atoms with Gasteiger partial charge in [0.25, 0.3) is 5.91 Å². The summed E-state index contributed by atoms with van der Waals surface area (Å²) in [7, 11) is 1.78. The van der Waals surface area contributed by atoms with Crippen LogP contribution in [0.15, 0.2) is 78.9 Å². The molecule has 1 aliphatic carbocycles. The summed E-state index contributed by atoms with van der Waals surface area (Å²) in [6, 6.07) is 24.3. The number of anilines is 2. The van der Waals surface area contributed by atoms with Crippen LogP contribution < -0.4 is 10.6 Å². The van der Waals surface area contributed by atoms with Crippen LogP contribution in [0.3, 0.4) is 0 Å². The molecule has 0 radical (unpaired) electrons. The van der Waals surface area contributed by atoms with E-state index in [-0.39, 0.29) is 41.9 Å². The van der Waals surface area contributed by atoms with Crippen molar-refractivity contribution in [1.29, 1.82) is 0 Å². The molecule has 1 aliphatic heterocycles. The fourth-order valence-corrected chi connectivity index (χ4v) is 6.39. The second-order valence-electron chi connectivity index (χ2n) is 12.4. The van der Waals surface area contributed by atoms with Crippen LogP contribution in [0.2, 0.25) is 0 Å². The van der Waals surface area contributed by atoms with Crippen molar-refractivity contribution in [3.05, 3.63) is 95.6 Å². The first kappa shape index (κ1) is 31.9. The van der Waals surface area contributed by atoms with Crippen LogP contribution in [-0.4, -0.2) is 60.1 Å². The molecule has 1 unspecified atom stereocenters. The monoisotopic (exact) mass is 608 g/mol. The number of benzene rings is 3. The predicted molar refractivity (Wildman–Crippen MR) is 177 cm³/mol. The molecule has 4 amide bonds. The molecule has 0 aromatic heterocycles. The first-order chi connectivity index (χ1) is 21.9. The molecular weight excluding hydrogens is 564 g/mol. The van der Waals surface area contributed by atoms with Crippen molar-refractivity contribution in [3.8, 4) is 0 Å². The number of piperidine rings is 1. The number of amides is 4. The average Bonchev–Trinajstić information content (AvgIpc) is 3.07. The van der Waals surface area contributed by atoms with E-state index >= 15 is 0 Å². The second-order valence-corrected chi connectivity index (χ2v) is 12.4. The number of hydrogen-bond donors (Lipinski definition) is 2. The number of carbonyl (C=O) groups is 4. The molecule has 1 heterocycles. The first-order valence-electron chi connectivity index (χ1n) is 16.2. The molecule has 3 aromatic carbocycles. The lowest BCUT2D eigenvalue weighted by atomic mass is 9.87. The van der Waals surface area contributed by atoms with E-state index in [1.165, 1.54) is 12.0 Å². The number of nitrogens with one attached hydrogen (secondary N) is 2. The molecule has 0 spiro atoms. The number of rotatable bonds is 10. The van der Waals surface area contributed by atoms with Gasteiger partial charge in [-0.2, -0.15) is 0 Å². The normalized spacial score (nSPS) is 16.9. The van der Waals surface area contributed by atoms with E-state index < -0.39 is 0 Å². The third-order valence-electron chi connectivity index (χ3n) is 8.94. The highest BCUT2D eigenvalue weighted by atomic mass is 16.2. The van der Waals surface area contributed by atoms with Crippen LogP contribution >= 0.6 is 0 Å². The number of nitrogens with zero attached hydrogens (tertiary/aromatic N) is 2. The van der Waals surface area contributed by atoms with Gasteiger partial charge in [0.1, 0.15) is 0 Å². The van der Waals surface area contributed by atoms with Crippen molar-refractivity contribution in [2.45, 2.75) is 57.8 Å². The number of likely N-dealkylation sites (tertiary alicyclic amines) is 1. The van der Waals surface area contributed by atoms with Gasteiger partial charge in [-0.25, -0.2) is 0 Å². The molecule has 0 bridgehead atoms. The number of hydrogen-bond acceptors (Lipinski definition) is 4. The van der Waals surface area contributed by atoms with Crippen molar-refractivity contribution in [1.82, 2.24) is 9.80 Å². The summed E-state index contributed by atoms with van der Waals surface area (Å²) in [6.45, 7) is 1.78. The van der Waals surface area contributed by atoms with Crippen molar-refractivity contribution < 1.29 is 19.2 Å². The fraction of sp³-hybridized carbons (Fsp3) is 0.405. The van der Waals surface area contributed by atoms with Crippen LogP contribution in [0.4, 0.5) is 11.4 Å². The maximum Gasteiger partial charge on any atom is 0.253 e. The maximum absolute atomic E-state index is 13.2. The Hall–Kier alpha value is -4.46. The summed E-state index contributed by atoms with van der Waals surface area (Å²) in [5.41, 5.74) is 3.62. The van der Waals surface area contributed by atoms with Gasteiger partial charge in [-0.15, -0.1) is 0 Å². The Kier molecular flexibility index (Phi) is 11.0. The SMILES string of the molecule is CN(CCc1ccccc1)C(=O)c1cccc(NC(=O)Cc2cccc(NC(=O)C3CCCN(C(=O)C4CCCCC4)C3)c2)c1. The van der Waals surface area contributed by atoms with Gasteiger partial charge < -0.3 is 20.4 Å². The molecule has 2 N–H and O–H groups in total. The molecular formula is C37H44N4O4. The van der Waals surface area contributed by atoms with Crippen LogP contribution in [0.25, 0.3) is 0 Å². The Balaban J connectivity index is 1.12. The minimum atomic E-state index is -0.245. The van der Waals surface area contributed by atoms with Crippen LogP contribution in [-0.2, 0) is 27.2 Å². The van der Waals surface area contributed by atoms with E-state index in [0.717, 1.165) is 57.1 Å². The van der Waals surface area contributed by atoms with Crippen LogP contribution in [0, 0.1) is 11.8 Å². The molecule has 3 aromatic rings. The van der Waals surface area contributed by atoms with Crippen LogP contribution in [0.5, 0.6) is 0 Å². The van der Waals surface area contributed by atoms with Gasteiger partial charge in [-0.3, -0.25) is 19.2 Å². The minimum absolute atomic E-state index is 0.0898. The topological polar surface area (TPSA) is 98.8 Å². The van der Waals surface area contributed by atoms with Crippen molar-refractivity contribution in [2.75, 3.05) is 37.3 Å². The zero-order valence-electron chi connectivity index (χ0n) is 26.2. The summed E-state index contributed by atoms with van der Waals surface area (Å²) in [5, 5.41) is 5.92. The Morgan fingerprint density at radius 1 is 0.756 bits per heavy atom. The Bertz CT molecular complexity index is 1480. The highest BCUT2D eigenvalue weighted by molar-refractivity contribution is 5.98. The van der Waals surface area contributed by atoms with Gasteiger partial charge in [0.2, 0.25) is 17.7 Å². The smallest absolute Gasteiger partial charge is 0.253 e. The molecule has 1 saturated carbocycles. The summed E-state index contributed by atoms with van der Waals surface area (Å²) < 4.78 is 0. The van der Waals surface area contributed by atoms with Crippen molar-refractivity contribution in [3.63, 3.8) is 0 Å². The van der Waals surface area contributed by atoms with Gasteiger partial charge >= 0.3 is 0 Å². The molecule has 8 heteroatoms. The Labute approximate surface area is 266 Å². The van der Waals surface area contributed by atoms with Gasteiger partial charge in [0.15, 0.2) is 0 Å². The molecule has 1 saturated heterocycles. The van der Waals surface area contributed by atoms with E-state index in [4.69, 9.17) is 0 Å². The highest BCUT2D eigenvalue weighted by Crippen LogP contribution is 2.28. The largest absolute Gasteiger partial charge is 0.342 e. The lowest BCUT2D eigenvalue weighted by molar-refractivity contribution is -0.139. The highest BCUT2D eigenvalue weighted by Gasteiger charge is 2.32. The molecule has 45 heavy (non-hydrogen) atoms. The van der Waals surface area contributed by atoms with E-state index in [1.54, 1.807) is 36.2 Å². The van der Waals surface area contributed by atoms with E-state index in [2.05, 4.69) is 10.6 Å². The summed E-state index contributed by atoms with van der Waals surface area (Å²) >= 11 is 0. The van der Waals surface area contributed by atoms with Gasteiger partial charge in [0, 0.05) is 49.5 Å². The maximum atomic E-state index is 13.2. The molecule has 2 aliphatic rings. The second kappa shape index (κ2) is 15.5. The Morgan fingerprint density at radius 3 is 2.22 bits per heavy atom. The summed E-state index contributed by atoms with van der Waals surface area (Å²) in [6.07, 6.45) is 7.82. The third-order valence-corrected chi connectivity index (χ3v) is 8.94. The molecule has 8 nitrogen and oxygen atoms in total. The molecule has 5 rings (SSSR count). The van der Waals surface area contributed by atoms with Crippen molar-refractivity contribution >= 4 is 35.0 Å². The first-order valence-corrected chi connectivity index (χ1v) is 16.2. The number of likely N-dealkylation sites (N-methyl/N-ethyl adjacent to an activating group) is 1. The lowest BCUT2D eigenvalue weighted by Gasteiger charge is -2.35. The zero-order chi connectivity index (χ0) is 31.6. The minimum Gasteiger partial charge on any atom is -0.342 e. The van der Waals surface area contributed by atoms with Gasteiger partial charge in [-0.1, -0.05) is 67.8 Å². The fourth-order valence-electron chi connectivity index (χ4n) is 6.39. The van der Waals surface area contributed by atoms with Crippen molar-refractivity contribution in [2.24, 2.45) is 11.8 Å². The van der Waals surface area contributed by atoms with E-state index in [9.17, 15) is 19.2 Å². The summed E-state index contributed by atoms with van der Waals surface area (Å²) in [5.74, 6) is -0.337. The molecule has 1 atom stereocenters. The molecule has 236 valence electrons. The van der Waals surface area contributed by atoms with E-state index in [1.807, 2.05) is 59.5 Å². The average molecular weight is 609 g/mol. The third kappa shape index (κ3) is 9.03. The Morgan fingerprint density at radius 2 is 1.44 bits per heavy atom. The van der Waals surface area contributed by atoms with Gasteiger partial charge in [0.05, 0.1) is 12.3 Å². The zero-order valence-corrected chi connectivity index (χ0v) is 26.2. The quantitative estimate of drug-likeness (QED) is 0.298. The number of carbonyl (C=O) groups excluding carboxylic acids is 4. The van der Waals surface area contributed by atoms with Gasteiger partial charge in [-0.05, 0) is 73.6 Å². The predicted octanol–water partition coefficient (Wildman–Crippen LogP) is 5.94. The molecule has 2 fully saturated rings. The summed E-state index contributed by atoms with van der Waals surface area (Å²) in [4.78, 5) is 55.8.